The first-order valence-electron chi connectivity index (χ1n) is 7.85. The van der Waals surface area contributed by atoms with Gasteiger partial charge in [0.1, 0.15) is 5.54 Å². The molecule has 0 heterocycles. The van der Waals surface area contributed by atoms with Crippen molar-refractivity contribution in [1.29, 1.82) is 0 Å². The van der Waals surface area contributed by atoms with Crippen molar-refractivity contribution in [3.63, 3.8) is 0 Å². The lowest BCUT2D eigenvalue weighted by atomic mass is 9.94. The number of carbonyl (C=O) groups is 1. The number of thioether (sulfide) groups is 1. The summed E-state index contributed by atoms with van der Waals surface area (Å²) < 4.78 is 0. The van der Waals surface area contributed by atoms with Gasteiger partial charge in [0.15, 0.2) is 0 Å². The van der Waals surface area contributed by atoms with Gasteiger partial charge < -0.3 is 11.1 Å². The summed E-state index contributed by atoms with van der Waals surface area (Å²) in [4.78, 5) is 12.0. The van der Waals surface area contributed by atoms with Gasteiger partial charge >= 0.3 is 0 Å². The molecule has 2 aliphatic rings. The minimum atomic E-state index is -0.432. The van der Waals surface area contributed by atoms with E-state index in [-0.39, 0.29) is 5.91 Å². The Balaban J connectivity index is 1.93. The molecule has 2 aliphatic carbocycles. The Morgan fingerprint density at radius 2 is 1.95 bits per heavy atom. The zero-order valence-electron chi connectivity index (χ0n) is 12.1. The number of nitrogens with one attached hydrogen (secondary N) is 1. The molecular weight excluding hydrogens is 256 g/mol. The van der Waals surface area contributed by atoms with Crippen LogP contribution in [0.3, 0.4) is 0 Å². The van der Waals surface area contributed by atoms with E-state index in [4.69, 9.17) is 5.73 Å². The van der Waals surface area contributed by atoms with Gasteiger partial charge in [-0.2, -0.15) is 11.8 Å². The van der Waals surface area contributed by atoms with Gasteiger partial charge in [0, 0.05) is 11.0 Å². The molecule has 0 aromatic carbocycles. The molecule has 2 rings (SSSR count). The zero-order valence-corrected chi connectivity index (χ0v) is 12.9. The molecule has 0 aliphatic heterocycles. The van der Waals surface area contributed by atoms with Crippen LogP contribution >= 0.6 is 11.8 Å². The highest BCUT2D eigenvalue weighted by atomic mass is 32.2. The van der Waals surface area contributed by atoms with Crippen molar-refractivity contribution in [1.82, 2.24) is 5.32 Å². The van der Waals surface area contributed by atoms with E-state index in [1.807, 2.05) is 11.8 Å². The predicted octanol–water partition coefficient (Wildman–Crippen LogP) is 2.69. The molecule has 110 valence electrons. The minimum absolute atomic E-state index is 0.133. The summed E-state index contributed by atoms with van der Waals surface area (Å²) in [5, 5.41) is 4.23. The van der Waals surface area contributed by atoms with Gasteiger partial charge in [0.2, 0.25) is 5.91 Å². The largest absolute Gasteiger partial charge is 0.368 e. The van der Waals surface area contributed by atoms with E-state index >= 15 is 0 Å². The van der Waals surface area contributed by atoms with Gasteiger partial charge in [-0.1, -0.05) is 26.2 Å². The van der Waals surface area contributed by atoms with E-state index < -0.39 is 5.54 Å². The molecule has 2 fully saturated rings. The van der Waals surface area contributed by atoms with Crippen molar-refractivity contribution in [3.8, 4) is 0 Å². The highest BCUT2D eigenvalue weighted by Gasteiger charge is 2.49. The standard InChI is InChI=1S/C15H28N2OS/c1-2-10-17-15(14(16)18,12-8-9-12)11-19-13-6-4-3-5-7-13/h12-13,17H,2-11H2,1H3,(H2,16,18). The molecule has 1 unspecified atom stereocenters. The lowest BCUT2D eigenvalue weighted by Crippen LogP contribution is -2.59. The van der Waals surface area contributed by atoms with Crippen molar-refractivity contribution in [3.05, 3.63) is 0 Å². The summed E-state index contributed by atoms with van der Waals surface area (Å²) in [6, 6.07) is 0. The fourth-order valence-electron chi connectivity index (χ4n) is 3.08. The molecule has 0 saturated heterocycles. The van der Waals surface area contributed by atoms with Crippen LogP contribution in [-0.4, -0.2) is 29.0 Å². The van der Waals surface area contributed by atoms with Crippen LogP contribution in [0.2, 0.25) is 0 Å². The first-order chi connectivity index (χ1) is 9.19. The lowest BCUT2D eigenvalue weighted by molar-refractivity contribution is -0.124. The summed E-state index contributed by atoms with van der Waals surface area (Å²) >= 11 is 1.99. The van der Waals surface area contributed by atoms with Crippen molar-refractivity contribution in [2.45, 2.75) is 69.1 Å². The average Bonchev–Trinajstić information content (AvgIpc) is 3.25. The third-order valence-electron chi connectivity index (χ3n) is 4.50. The van der Waals surface area contributed by atoms with Crippen LogP contribution in [0, 0.1) is 5.92 Å². The molecule has 1 atom stereocenters. The van der Waals surface area contributed by atoms with Gasteiger partial charge in [0.25, 0.3) is 0 Å². The lowest BCUT2D eigenvalue weighted by Gasteiger charge is -2.34. The maximum Gasteiger partial charge on any atom is 0.238 e. The van der Waals surface area contributed by atoms with Gasteiger partial charge in [-0.15, -0.1) is 0 Å². The first kappa shape index (κ1) is 15.2. The fourth-order valence-corrected chi connectivity index (χ4v) is 4.72. The van der Waals surface area contributed by atoms with Crippen LogP contribution in [0.1, 0.15) is 58.3 Å². The van der Waals surface area contributed by atoms with Crippen LogP contribution in [-0.2, 0) is 4.79 Å². The van der Waals surface area contributed by atoms with E-state index in [2.05, 4.69) is 12.2 Å². The Labute approximate surface area is 121 Å². The molecule has 19 heavy (non-hydrogen) atoms. The second-order valence-electron chi connectivity index (χ2n) is 6.11. The molecule has 0 aromatic heterocycles. The van der Waals surface area contributed by atoms with Crippen LogP contribution < -0.4 is 11.1 Å². The summed E-state index contributed by atoms with van der Waals surface area (Å²) in [5.41, 5.74) is 5.32. The second kappa shape index (κ2) is 6.98. The molecule has 0 radical (unpaired) electrons. The summed E-state index contributed by atoms with van der Waals surface area (Å²) in [6.45, 7) is 3.03. The van der Waals surface area contributed by atoms with E-state index in [0.717, 1.165) is 36.8 Å². The van der Waals surface area contributed by atoms with Gasteiger partial charge in [-0.05, 0) is 44.6 Å². The van der Waals surface area contributed by atoms with E-state index in [9.17, 15) is 4.79 Å². The summed E-state index contributed by atoms with van der Waals surface area (Å²) in [5.74, 6) is 1.22. The fraction of sp³-hybridized carbons (Fsp3) is 0.933. The third kappa shape index (κ3) is 3.88. The Morgan fingerprint density at radius 1 is 1.26 bits per heavy atom. The number of hydrogen-bond donors (Lipinski definition) is 2. The molecular formula is C15H28N2OS. The number of hydrogen-bond acceptors (Lipinski definition) is 3. The smallest absolute Gasteiger partial charge is 0.238 e. The number of rotatable bonds is 8. The SMILES string of the molecule is CCCNC(CSC1CCCCC1)(C(N)=O)C1CC1. The highest BCUT2D eigenvalue weighted by Crippen LogP contribution is 2.43. The molecule has 4 heteroatoms. The second-order valence-corrected chi connectivity index (χ2v) is 7.40. The Hall–Kier alpha value is -0.220. The molecule has 0 bridgehead atoms. The topological polar surface area (TPSA) is 55.1 Å². The van der Waals surface area contributed by atoms with Crippen molar-refractivity contribution >= 4 is 17.7 Å². The van der Waals surface area contributed by atoms with Gasteiger partial charge in [-0.25, -0.2) is 0 Å². The first-order valence-corrected chi connectivity index (χ1v) is 8.90. The minimum Gasteiger partial charge on any atom is -0.368 e. The van der Waals surface area contributed by atoms with Crippen LogP contribution in [0.25, 0.3) is 0 Å². The van der Waals surface area contributed by atoms with Crippen LogP contribution in [0.5, 0.6) is 0 Å². The number of carbonyl (C=O) groups excluding carboxylic acids is 1. The molecule has 0 aromatic rings. The number of nitrogens with two attached hydrogens (primary N) is 1. The molecule has 2 saturated carbocycles. The normalized spacial score (nSPS) is 24.1. The van der Waals surface area contributed by atoms with Gasteiger partial charge in [-0.3, -0.25) is 4.79 Å². The number of amides is 1. The Kier molecular flexibility index (Phi) is 5.58. The predicted molar refractivity (Wildman–Crippen MR) is 82.3 cm³/mol. The van der Waals surface area contributed by atoms with Crippen LogP contribution in [0.15, 0.2) is 0 Å². The Bertz CT molecular complexity index is 301. The van der Waals surface area contributed by atoms with Crippen molar-refractivity contribution in [2.24, 2.45) is 11.7 Å². The van der Waals surface area contributed by atoms with E-state index in [1.165, 1.54) is 32.1 Å². The zero-order chi connectivity index (χ0) is 13.7. The monoisotopic (exact) mass is 284 g/mol. The number of primary amides is 1. The summed E-state index contributed by atoms with van der Waals surface area (Å²) in [7, 11) is 0. The molecule has 3 N–H and O–H groups in total. The molecule has 3 nitrogen and oxygen atoms in total. The quantitative estimate of drug-likeness (QED) is 0.720. The Morgan fingerprint density at radius 3 is 2.47 bits per heavy atom. The summed E-state index contributed by atoms with van der Waals surface area (Å²) in [6.07, 6.45) is 10.1. The third-order valence-corrected chi connectivity index (χ3v) is 6.07. The van der Waals surface area contributed by atoms with Crippen molar-refractivity contribution in [2.75, 3.05) is 12.3 Å². The maximum absolute atomic E-state index is 12.0. The van der Waals surface area contributed by atoms with E-state index in [0.29, 0.717) is 5.92 Å². The van der Waals surface area contributed by atoms with Crippen molar-refractivity contribution < 1.29 is 4.79 Å². The average molecular weight is 284 g/mol. The maximum atomic E-state index is 12.0. The van der Waals surface area contributed by atoms with Crippen LogP contribution in [0.4, 0.5) is 0 Å². The van der Waals surface area contributed by atoms with E-state index in [1.54, 1.807) is 0 Å². The highest BCUT2D eigenvalue weighted by molar-refractivity contribution is 8.00. The molecule has 0 spiro atoms. The van der Waals surface area contributed by atoms with Gasteiger partial charge in [0.05, 0.1) is 0 Å². The molecule has 1 amide bonds.